The minimum Gasteiger partial charge on any atom is -0.381 e. The van der Waals surface area contributed by atoms with E-state index in [1.165, 1.54) is 19.1 Å². The SMILES string of the molecule is CC(=O)c1ccc(S(=O)(=O)N(CC2CCOC2)C2CC2)cc1. The Morgan fingerprint density at radius 1 is 1.23 bits per heavy atom. The number of ether oxygens (including phenoxy) is 1. The van der Waals surface area contributed by atoms with Gasteiger partial charge in [0.1, 0.15) is 0 Å². The van der Waals surface area contributed by atoms with E-state index in [9.17, 15) is 13.2 Å². The molecule has 1 heterocycles. The smallest absolute Gasteiger partial charge is 0.243 e. The lowest BCUT2D eigenvalue weighted by Gasteiger charge is -2.24. The Morgan fingerprint density at radius 2 is 1.91 bits per heavy atom. The number of rotatable bonds is 6. The summed E-state index contributed by atoms with van der Waals surface area (Å²) >= 11 is 0. The Bertz CT molecular complexity index is 643. The number of ketones is 1. The van der Waals surface area contributed by atoms with E-state index in [0.29, 0.717) is 18.7 Å². The molecule has 6 heteroatoms. The Kier molecular flexibility index (Phi) is 4.34. The summed E-state index contributed by atoms with van der Waals surface area (Å²) < 4.78 is 32.8. The Hall–Kier alpha value is -1.24. The number of carbonyl (C=O) groups is 1. The van der Waals surface area contributed by atoms with Gasteiger partial charge in [0.2, 0.25) is 10.0 Å². The van der Waals surface area contributed by atoms with Crippen LogP contribution in [0.15, 0.2) is 29.2 Å². The van der Waals surface area contributed by atoms with Gasteiger partial charge >= 0.3 is 0 Å². The Balaban J connectivity index is 1.83. The molecule has 1 saturated carbocycles. The van der Waals surface area contributed by atoms with Gasteiger partial charge in [-0.25, -0.2) is 8.42 Å². The summed E-state index contributed by atoms with van der Waals surface area (Å²) in [5, 5.41) is 0. The topological polar surface area (TPSA) is 63.7 Å². The van der Waals surface area contributed by atoms with E-state index < -0.39 is 10.0 Å². The van der Waals surface area contributed by atoms with Crippen molar-refractivity contribution in [1.82, 2.24) is 4.31 Å². The van der Waals surface area contributed by atoms with E-state index >= 15 is 0 Å². The summed E-state index contributed by atoms with van der Waals surface area (Å²) in [7, 11) is -3.50. The summed E-state index contributed by atoms with van der Waals surface area (Å²) in [6.07, 6.45) is 2.78. The van der Waals surface area contributed by atoms with Gasteiger partial charge < -0.3 is 4.74 Å². The molecule has 2 aliphatic rings. The molecule has 0 spiro atoms. The molecule has 5 nitrogen and oxygen atoms in total. The maximum Gasteiger partial charge on any atom is 0.243 e. The first kappa shape index (κ1) is 15.6. The van der Waals surface area contributed by atoms with E-state index in [-0.39, 0.29) is 22.6 Å². The highest BCUT2D eigenvalue weighted by molar-refractivity contribution is 7.89. The third kappa shape index (κ3) is 3.24. The number of hydrogen-bond acceptors (Lipinski definition) is 4. The van der Waals surface area contributed by atoms with Crippen LogP contribution < -0.4 is 0 Å². The molecule has 1 aromatic carbocycles. The van der Waals surface area contributed by atoms with Crippen LogP contribution in [0.1, 0.15) is 36.5 Å². The summed E-state index contributed by atoms with van der Waals surface area (Å²) in [5.74, 6) is 0.220. The normalized spacial score (nSPS) is 22.2. The molecule has 3 rings (SSSR count). The molecular formula is C16H21NO4S. The second-order valence-electron chi connectivity index (χ2n) is 6.12. The van der Waals surface area contributed by atoms with Gasteiger partial charge in [-0.15, -0.1) is 0 Å². The standard InChI is InChI=1S/C16H21NO4S/c1-12(18)14-2-6-16(7-3-14)22(19,20)17(15-4-5-15)10-13-8-9-21-11-13/h2-3,6-7,13,15H,4-5,8-11H2,1H3. The largest absolute Gasteiger partial charge is 0.381 e. The van der Waals surface area contributed by atoms with Crippen molar-refractivity contribution in [2.45, 2.75) is 37.1 Å². The van der Waals surface area contributed by atoms with Crippen LogP contribution in [0.5, 0.6) is 0 Å². The lowest BCUT2D eigenvalue weighted by atomic mass is 10.1. The zero-order chi connectivity index (χ0) is 15.7. The second kappa shape index (κ2) is 6.10. The second-order valence-corrected chi connectivity index (χ2v) is 8.01. The quantitative estimate of drug-likeness (QED) is 0.752. The summed E-state index contributed by atoms with van der Waals surface area (Å²) in [6, 6.07) is 6.36. The number of nitrogens with zero attached hydrogens (tertiary/aromatic N) is 1. The van der Waals surface area contributed by atoms with Crippen molar-refractivity contribution in [2.24, 2.45) is 5.92 Å². The summed E-state index contributed by atoms with van der Waals surface area (Å²) in [5.41, 5.74) is 0.529. The first-order valence-corrected chi connectivity index (χ1v) is 9.13. The average molecular weight is 323 g/mol. The van der Waals surface area contributed by atoms with Crippen LogP contribution in [0.2, 0.25) is 0 Å². The number of carbonyl (C=O) groups excluding carboxylic acids is 1. The van der Waals surface area contributed by atoms with E-state index in [1.807, 2.05) is 0 Å². The van der Waals surface area contributed by atoms with Crippen molar-refractivity contribution in [2.75, 3.05) is 19.8 Å². The predicted molar refractivity (Wildman–Crippen MR) is 82.3 cm³/mol. The maximum absolute atomic E-state index is 12.9. The van der Waals surface area contributed by atoms with Gasteiger partial charge in [-0.05, 0) is 44.2 Å². The maximum atomic E-state index is 12.9. The molecule has 22 heavy (non-hydrogen) atoms. The van der Waals surface area contributed by atoms with Crippen molar-refractivity contribution in [1.29, 1.82) is 0 Å². The van der Waals surface area contributed by atoms with Gasteiger partial charge in [0.25, 0.3) is 0 Å². The summed E-state index contributed by atoms with van der Waals surface area (Å²) in [6.45, 7) is 3.36. The highest BCUT2D eigenvalue weighted by Crippen LogP contribution is 2.33. The van der Waals surface area contributed by atoms with Crippen LogP contribution in [0, 0.1) is 5.92 Å². The van der Waals surface area contributed by atoms with Gasteiger partial charge in [-0.3, -0.25) is 4.79 Å². The van der Waals surface area contributed by atoms with Crippen LogP contribution in [0.4, 0.5) is 0 Å². The molecule has 1 aliphatic heterocycles. The van der Waals surface area contributed by atoms with Gasteiger partial charge in [0.15, 0.2) is 5.78 Å². The molecule has 0 aromatic heterocycles. The van der Waals surface area contributed by atoms with Crippen molar-refractivity contribution in [3.63, 3.8) is 0 Å². The van der Waals surface area contributed by atoms with E-state index in [0.717, 1.165) is 25.9 Å². The fourth-order valence-electron chi connectivity index (χ4n) is 2.78. The molecule has 2 fully saturated rings. The monoisotopic (exact) mass is 323 g/mol. The fraction of sp³-hybridized carbons (Fsp3) is 0.562. The van der Waals surface area contributed by atoms with Crippen molar-refractivity contribution >= 4 is 15.8 Å². The predicted octanol–water partition coefficient (Wildman–Crippen LogP) is 2.08. The molecule has 0 N–H and O–H groups in total. The molecule has 1 unspecified atom stereocenters. The third-order valence-electron chi connectivity index (χ3n) is 4.28. The first-order chi connectivity index (χ1) is 10.5. The summed E-state index contributed by atoms with van der Waals surface area (Å²) in [4.78, 5) is 11.6. The van der Waals surface area contributed by atoms with Crippen LogP contribution in [0.25, 0.3) is 0 Å². The van der Waals surface area contributed by atoms with Gasteiger partial charge in [-0.2, -0.15) is 4.31 Å². The molecule has 0 bridgehead atoms. The zero-order valence-electron chi connectivity index (χ0n) is 12.7. The molecule has 0 radical (unpaired) electrons. The van der Waals surface area contributed by atoms with Crippen LogP contribution >= 0.6 is 0 Å². The van der Waals surface area contributed by atoms with E-state index in [4.69, 9.17) is 4.74 Å². The highest BCUT2D eigenvalue weighted by atomic mass is 32.2. The minimum absolute atomic E-state index is 0.0638. The van der Waals surface area contributed by atoms with Crippen LogP contribution in [-0.4, -0.2) is 44.3 Å². The molecule has 120 valence electrons. The molecule has 1 saturated heterocycles. The van der Waals surface area contributed by atoms with Crippen molar-refractivity contribution in [3.8, 4) is 0 Å². The zero-order valence-corrected chi connectivity index (χ0v) is 13.5. The highest BCUT2D eigenvalue weighted by Gasteiger charge is 2.39. The minimum atomic E-state index is -3.50. The number of sulfonamides is 1. The number of hydrogen-bond donors (Lipinski definition) is 0. The number of Topliss-reactive ketones (excluding diaryl/α,β-unsaturated/α-hetero) is 1. The van der Waals surface area contributed by atoms with Crippen LogP contribution in [-0.2, 0) is 14.8 Å². The van der Waals surface area contributed by atoms with E-state index in [1.54, 1.807) is 16.4 Å². The lowest BCUT2D eigenvalue weighted by Crippen LogP contribution is -2.37. The van der Waals surface area contributed by atoms with Crippen molar-refractivity contribution in [3.05, 3.63) is 29.8 Å². The Morgan fingerprint density at radius 3 is 2.41 bits per heavy atom. The Labute approximate surface area is 131 Å². The van der Waals surface area contributed by atoms with Gasteiger partial charge in [0, 0.05) is 24.8 Å². The van der Waals surface area contributed by atoms with Gasteiger partial charge in [0.05, 0.1) is 11.5 Å². The molecular weight excluding hydrogens is 302 g/mol. The van der Waals surface area contributed by atoms with Crippen molar-refractivity contribution < 1.29 is 17.9 Å². The first-order valence-electron chi connectivity index (χ1n) is 7.69. The molecule has 1 aromatic rings. The lowest BCUT2D eigenvalue weighted by molar-refractivity contribution is 0.101. The van der Waals surface area contributed by atoms with E-state index in [2.05, 4.69) is 0 Å². The number of benzene rings is 1. The molecule has 1 aliphatic carbocycles. The van der Waals surface area contributed by atoms with Crippen LogP contribution in [0.3, 0.4) is 0 Å². The fourth-order valence-corrected chi connectivity index (χ4v) is 4.55. The third-order valence-corrected chi connectivity index (χ3v) is 6.22. The molecule has 0 amide bonds. The molecule has 1 atom stereocenters. The van der Waals surface area contributed by atoms with Gasteiger partial charge in [-0.1, -0.05) is 12.1 Å². The average Bonchev–Trinajstić information content (AvgIpc) is 3.20.